The standard InChI is InChI=1S/C10H18BrNO2/c1-8(3-2-5-11)12-10(13)9-4-6-14-7-9/h8-9H,2-7H2,1H3,(H,12,13). The monoisotopic (exact) mass is 263 g/mol. The summed E-state index contributed by atoms with van der Waals surface area (Å²) < 4.78 is 5.17. The zero-order valence-electron chi connectivity index (χ0n) is 8.59. The predicted octanol–water partition coefficient (Wildman–Crippen LogP) is 1.70. The molecular weight excluding hydrogens is 246 g/mol. The maximum Gasteiger partial charge on any atom is 0.225 e. The summed E-state index contributed by atoms with van der Waals surface area (Å²) in [6.45, 7) is 3.38. The number of carbonyl (C=O) groups excluding carboxylic acids is 1. The summed E-state index contributed by atoms with van der Waals surface area (Å²) in [5.74, 6) is 0.242. The lowest BCUT2D eigenvalue weighted by molar-refractivity contribution is -0.125. The highest BCUT2D eigenvalue weighted by molar-refractivity contribution is 9.09. The third kappa shape index (κ3) is 3.96. The molecule has 0 spiro atoms. The van der Waals surface area contributed by atoms with Gasteiger partial charge in [-0.05, 0) is 26.2 Å². The molecule has 1 fully saturated rings. The van der Waals surface area contributed by atoms with Gasteiger partial charge in [0.1, 0.15) is 0 Å². The SMILES string of the molecule is CC(CCCBr)NC(=O)C1CCOC1. The summed E-state index contributed by atoms with van der Waals surface area (Å²) in [4.78, 5) is 11.6. The van der Waals surface area contributed by atoms with E-state index in [0.717, 1.165) is 31.2 Å². The van der Waals surface area contributed by atoms with Crippen LogP contribution in [0.5, 0.6) is 0 Å². The van der Waals surface area contributed by atoms with Crippen LogP contribution < -0.4 is 5.32 Å². The van der Waals surface area contributed by atoms with Crippen molar-refractivity contribution in [1.29, 1.82) is 0 Å². The average molecular weight is 264 g/mol. The maximum absolute atomic E-state index is 11.6. The first-order chi connectivity index (χ1) is 6.74. The quantitative estimate of drug-likeness (QED) is 0.767. The average Bonchev–Trinajstić information content (AvgIpc) is 2.67. The van der Waals surface area contributed by atoms with Gasteiger partial charge in [0.15, 0.2) is 0 Å². The van der Waals surface area contributed by atoms with Gasteiger partial charge in [-0.25, -0.2) is 0 Å². The number of halogens is 1. The van der Waals surface area contributed by atoms with Gasteiger partial charge in [0, 0.05) is 18.0 Å². The predicted molar refractivity (Wildman–Crippen MR) is 59.6 cm³/mol. The fourth-order valence-electron chi connectivity index (χ4n) is 1.56. The fourth-order valence-corrected chi connectivity index (χ4v) is 1.88. The van der Waals surface area contributed by atoms with Gasteiger partial charge in [-0.2, -0.15) is 0 Å². The summed E-state index contributed by atoms with van der Waals surface area (Å²) in [5, 5.41) is 4.02. The van der Waals surface area contributed by atoms with Crippen LogP contribution in [0.1, 0.15) is 26.2 Å². The first-order valence-electron chi connectivity index (χ1n) is 5.18. The number of amides is 1. The second-order valence-electron chi connectivity index (χ2n) is 3.80. The number of ether oxygens (including phenoxy) is 1. The molecule has 1 N–H and O–H groups in total. The molecule has 2 unspecified atom stereocenters. The molecule has 82 valence electrons. The molecule has 1 amide bonds. The van der Waals surface area contributed by atoms with E-state index in [0.29, 0.717) is 6.61 Å². The van der Waals surface area contributed by atoms with E-state index in [-0.39, 0.29) is 17.9 Å². The van der Waals surface area contributed by atoms with Gasteiger partial charge < -0.3 is 10.1 Å². The molecule has 0 aromatic rings. The summed E-state index contributed by atoms with van der Waals surface area (Å²) in [7, 11) is 0. The van der Waals surface area contributed by atoms with E-state index in [2.05, 4.69) is 28.2 Å². The van der Waals surface area contributed by atoms with Crippen molar-refractivity contribution in [1.82, 2.24) is 5.32 Å². The highest BCUT2D eigenvalue weighted by Gasteiger charge is 2.24. The Bertz CT molecular complexity index is 181. The molecule has 2 atom stereocenters. The van der Waals surface area contributed by atoms with E-state index in [9.17, 15) is 4.79 Å². The van der Waals surface area contributed by atoms with Crippen LogP contribution in [0.4, 0.5) is 0 Å². The molecule has 0 aliphatic carbocycles. The molecule has 0 aromatic carbocycles. The molecule has 4 heteroatoms. The number of rotatable bonds is 5. The Morgan fingerprint density at radius 3 is 3.07 bits per heavy atom. The van der Waals surface area contributed by atoms with Gasteiger partial charge in [0.05, 0.1) is 12.5 Å². The van der Waals surface area contributed by atoms with Crippen LogP contribution in [0.3, 0.4) is 0 Å². The van der Waals surface area contributed by atoms with Crippen molar-refractivity contribution in [2.24, 2.45) is 5.92 Å². The number of alkyl halides is 1. The Hall–Kier alpha value is -0.0900. The lowest BCUT2D eigenvalue weighted by atomic mass is 10.1. The zero-order valence-corrected chi connectivity index (χ0v) is 10.2. The lowest BCUT2D eigenvalue weighted by Crippen LogP contribution is -2.37. The van der Waals surface area contributed by atoms with Gasteiger partial charge in [-0.3, -0.25) is 4.79 Å². The molecule has 1 aliphatic rings. The van der Waals surface area contributed by atoms with Crippen molar-refractivity contribution in [3.05, 3.63) is 0 Å². The van der Waals surface area contributed by atoms with Crippen LogP contribution in [0.25, 0.3) is 0 Å². The molecule has 1 saturated heterocycles. The summed E-state index contributed by atoms with van der Waals surface area (Å²) in [6, 6.07) is 0.278. The molecule has 0 bridgehead atoms. The van der Waals surface area contributed by atoms with Crippen molar-refractivity contribution >= 4 is 21.8 Å². The number of hydrogen-bond donors (Lipinski definition) is 1. The van der Waals surface area contributed by atoms with E-state index >= 15 is 0 Å². The molecular formula is C10H18BrNO2. The number of hydrogen-bond acceptors (Lipinski definition) is 2. The highest BCUT2D eigenvalue weighted by Crippen LogP contribution is 2.12. The van der Waals surface area contributed by atoms with E-state index in [1.54, 1.807) is 0 Å². The smallest absolute Gasteiger partial charge is 0.225 e. The molecule has 1 rings (SSSR count). The van der Waals surface area contributed by atoms with Gasteiger partial charge in [-0.1, -0.05) is 15.9 Å². The van der Waals surface area contributed by atoms with Crippen LogP contribution in [0, 0.1) is 5.92 Å². The van der Waals surface area contributed by atoms with E-state index in [1.165, 1.54) is 0 Å². The van der Waals surface area contributed by atoms with Gasteiger partial charge in [0.2, 0.25) is 5.91 Å². The molecule has 1 aliphatic heterocycles. The lowest BCUT2D eigenvalue weighted by Gasteiger charge is -2.15. The highest BCUT2D eigenvalue weighted by atomic mass is 79.9. The van der Waals surface area contributed by atoms with E-state index in [4.69, 9.17) is 4.74 Å². The Kier molecular flexibility index (Phi) is 5.48. The fraction of sp³-hybridized carbons (Fsp3) is 0.900. The van der Waals surface area contributed by atoms with Crippen LogP contribution >= 0.6 is 15.9 Å². The van der Waals surface area contributed by atoms with Gasteiger partial charge >= 0.3 is 0 Å². The zero-order chi connectivity index (χ0) is 10.4. The van der Waals surface area contributed by atoms with Crippen LogP contribution in [0.2, 0.25) is 0 Å². The Balaban J connectivity index is 2.18. The Labute approximate surface area is 93.7 Å². The Morgan fingerprint density at radius 1 is 1.71 bits per heavy atom. The van der Waals surface area contributed by atoms with Crippen molar-refractivity contribution in [2.75, 3.05) is 18.5 Å². The molecule has 0 aromatic heterocycles. The summed E-state index contributed by atoms with van der Waals surface area (Å²) in [6.07, 6.45) is 3.00. The molecule has 0 saturated carbocycles. The van der Waals surface area contributed by atoms with Gasteiger partial charge in [0.25, 0.3) is 0 Å². The number of nitrogens with one attached hydrogen (secondary N) is 1. The first-order valence-corrected chi connectivity index (χ1v) is 6.30. The molecule has 3 nitrogen and oxygen atoms in total. The summed E-state index contributed by atoms with van der Waals surface area (Å²) in [5.41, 5.74) is 0. The minimum atomic E-state index is 0.0846. The van der Waals surface area contributed by atoms with Crippen molar-refractivity contribution in [3.8, 4) is 0 Å². The maximum atomic E-state index is 11.6. The van der Waals surface area contributed by atoms with Gasteiger partial charge in [-0.15, -0.1) is 0 Å². The van der Waals surface area contributed by atoms with Crippen molar-refractivity contribution < 1.29 is 9.53 Å². The summed E-state index contributed by atoms with van der Waals surface area (Å²) >= 11 is 3.38. The number of carbonyl (C=O) groups is 1. The topological polar surface area (TPSA) is 38.3 Å². The normalized spacial score (nSPS) is 23.4. The third-order valence-corrected chi connectivity index (χ3v) is 3.02. The minimum Gasteiger partial charge on any atom is -0.381 e. The molecule has 14 heavy (non-hydrogen) atoms. The second kappa shape index (κ2) is 6.40. The van der Waals surface area contributed by atoms with Crippen LogP contribution in [0.15, 0.2) is 0 Å². The Morgan fingerprint density at radius 2 is 2.50 bits per heavy atom. The van der Waals surface area contributed by atoms with Crippen LogP contribution in [-0.2, 0) is 9.53 Å². The molecule has 1 heterocycles. The minimum absolute atomic E-state index is 0.0846. The van der Waals surface area contributed by atoms with E-state index in [1.807, 2.05) is 0 Å². The van der Waals surface area contributed by atoms with Crippen molar-refractivity contribution in [3.63, 3.8) is 0 Å². The van der Waals surface area contributed by atoms with Crippen molar-refractivity contribution in [2.45, 2.75) is 32.2 Å². The first kappa shape index (κ1) is 12.0. The van der Waals surface area contributed by atoms with Crippen LogP contribution in [-0.4, -0.2) is 30.5 Å². The largest absolute Gasteiger partial charge is 0.381 e. The second-order valence-corrected chi connectivity index (χ2v) is 4.59. The van der Waals surface area contributed by atoms with E-state index < -0.39 is 0 Å². The molecule has 0 radical (unpaired) electrons. The third-order valence-electron chi connectivity index (χ3n) is 2.46.